The number of para-hydroxylation sites is 2. The third-order valence-electron chi connectivity index (χ3n) is 3.26. The van der Waals surface area contributed by atoms with Crippen molar-refractivity contribution in [3.8, 4) is 5.75 Å². The van der Waals surface area contributed by atoms with Gasteiger partial charge in [-0.15, -0.1) is 0 Å². The van der Waals surface area contributed by atoms with Crippen molar-refractivity contribution in [2.45, 2.75) is 25.8 Å². The molecule has 0 saturated heterocycles. The summed E-state index contributed by atoms with van der Waals surface area (Å²) < 4.78 is 5.56. The maximum absolute atomic E-state index is 12.0. The molecule has 1 amide bonds. The second-order valence-corrected chi connectivity index (χ2v) is 5.09. The molecule has 0 atom stereocenters. The average molecular weight is 298 g/mol. The lowest BCUT2D eigenvalue weighted by atomic mass is 10.3. The molecule has 1 saturated carbocycles. The average Bonchev–Trinajstić information content (AvgIpc) is 3.34. The molecule has 0 radical (unpaired) electrons. The van der Waals surface area contributed by atoms with Gasteiger partial charge in [-0.05, 0) is 31.9 Å². The second kappa shape index (κ2) is 6.43. The standard InChI is InChI=1S/C16H18N4O2/c1-2-22-14-6-4-3-5-12(14)20-15-9-13(17-10-18-15)16(21)19-11-7-8-11/h3-6,9-11H,2,7-8H2,1H3,(H,19,21)(H,17,18,20). The minimum Gasteiger partial charge on any atom is -0.492 e. The molecule has 1 aromatic heterocycles. The van der Waals surface area contributed by atoms with E-state index in [2.05, 4.69) is 20.6 Å². The normalized spacial score (nSPS) is 13.5. The Balaban J connectivity index is 1.76. The Kier molecular flexibility index (Phi) is 4.18. The monoisotopic (exact) mass is 298 g/mol. The van der Waals surface area contributed by atoms with Crippen LogP contribution in [-0.2, 0) is 0 Å². The summed E-state index contributed by atoms with van der Waals surface area (Å²) in [5.74, 6) is 1.14. The van der Waals surface area contributed by atoms with Crippen molar-refractivity contribution in [1.82, 2.24) is 15.3 Å². The molecule has 6 nitrogen and oxygen atoms in total. The van der Waals surface area contributed by atoms with Gasteiger partial charge in [-0.2, -0.15) is 0 Å². The predicted molar refractivity (Wildman–Crippen MR) is 83.4 cm³/mol. The van der Waals surface area contributed by atoms with Gasteiger partial charge < -0.3 is 15.4 Å². The fourth-order valence-electron chi connectivity index (χ4n) is 2.03. The summed E-state index contributed by atoms with van der Waals surface area (Å²) in [6, 6.07) is 9.54. The number of hydrogen-bond acceptors (Lipinski definition) is 5. The molecule has 2 aromatic rings. The first-order valence-corrected chi connectivity index (χ1v) is 7.38. The van der Waals surface area contributed by atoms with Crippen molar-refractivity contribution in [2.75, 3.05) is 11.9 Å². The third kappa shape index (κ3) is 3.52. The van der Waals surface area contributed by atoms with E-state index in [9.17, 15) is 4.79 Å². The smallest absolute Gasteiger partial charge is 0.270 e. The zero-order chi connectivity index (χ0) is 15.4. The first-order valence-electron chi connectivity index (χ1n) is 7.38. The van der Waals surface area contributed by atoms with Crippen LogP contribution >= 0.6 is 0 Å². The Bertz CT molecular complexity index is 671. The summed E-state index contributed by atoms with van der Waals surface area (Å²) in [4.78, 5) is 20.2. The number of nitrogens with zero attached hydrogens (tertiary/aromatic N) is 2. The lowest BCUT2D eigenvalue weighted by molar-refractivity contribution is 0.0946. The molecule has 2 N–H and O–H groups in total. The molecule has 3 rings (SSSR count). The molecule has 6 heteroatoms. The molecule has 22 heavy (non-hydrogen) atoms. The van der Waals surface area contributed by atoms with E-state index in [1.165, 1.54) is 6.33 Å². The van der Waals surface area contributed by atoms with Crippen molar-refractivity contribution in [3.05, 3.63) is 42.4 Å². The third-order valence-corrected chi connectivity index (χ3v) is 3.26. The van der Waals surface area contributed by atoms with Crippen LogP contribution in [0.3, 0.4) is 0 Å². The summed E-state index contributed by atoms with van der Waals surface area (Å²) in [6.45, 7) is 2.51. The van der Waals surface area contributed by atoms with Crippen LogP contribution in [0.2, 0.25) is 0 Å². The Hall–Kier alpha value is -2.63. The van der Waals surface area contributed by atoms with Crippen LogP contribution in [0.1, 0.15) is 30.3 Å². The molecule has 0 spiro atoms. The first kappa shape index (κ1) is 14.3. The summed E-state index contributed by atoms with van der Waals surface area (Å²) in [7, 11) is 0. The number of benzene rings is 1. The molecular weight excluding hydrogens is 280 g/mol. The van der Waals surface area contributed by atoms with Crippen LogP contribution in [0.25, 0.3) is 0 Å². The Morgan fingerprint density at radius 2 is 2.14 bits per heavy atom. The van der Waals surface area contributed by atoms with Crippen LogP contribution in [-0.4, -0.2) is 28.5 Å². The van der Waals surface area contributed by atoms with Crippen molar-refractivity contribution >= 4 is 17.4 Å². The van der Waals surface area contributed by atoms with Crippen molar-refractivity contribution in [1.29, 1.82) is 0 Å². The van der Waals surface area contributed by atoms with Crippen molar-refractivity contribution in [3.63, 3.8) is 0 Å². The van der Waals surface area contributed by atoms with Gasteiger partial charge in [-0.3, -0.25) is 4.79 Å². The minimum absolute atomic E-state index is 0.161. The van der Waals surface area contributed by atoms with Gasteiger partial charge in [0.1, 0.15) is 23.6 Å². The lowest BCUT2D eigenvalue weighted by Gasteiger charge is -2.12. The van der Waals surface area contributed by atoms with E-state index in [1.807, 2.05) is 31.2 Å². The molecule has 114 valence electrons. The van der Waals surface area contributed by atoms with Gasteiger partial charge in [0.25, 0.3) is 5.91 Å². The Labute approximate surface area is 128 Å². The van der Waals surface area contributed by atoms with Crippen LogP contribution in [0.5, 0.6) is 5.75 Å². The summed E-state index contributed by atoms with van der Waals surface area (Å²) in [5, 5.41) is 6.08. The summed E-state index contributed by atoms with van der Waals surface area (Å²) >= 11 is 0. The fourth-order valence-corrected chi connectivity index (χ4v) is 2.03. The van der Waals surface area contributed by atoms with E-state index in [0.717, 1.165) is 24.3 Å². The highest BCUT2D eigenvalue weighted by Gasteiger charge is 2.24. The van der Waals surface area contributed by atoms with Crippen LogP contribution in [0, 0.1) is 0 Å². The van der Waals surface area contributed by atoms with E-state index in [4.69, 9.17) is 4.74 Å². The highest BCUT2D eigenvalue weighted by molar-refractivity contribution is 5.93. The predicted octanol–water partition coefficient (Wildman–Crippen LogP) is 2.51. The van der Waals surface area contributed by atoms with E-state index in [0.29, 0.717) is 24.2 Å². The van der Waals surface area contributed by atoms with Crippen LogP contribution in [0.15, 0.2) is 36.7 Å². The first-order chi connectivity index (χ1) is 10.8. The number of carbonyl (C=O) groups is 1. The number of rotatable bonds is 6. The topological polar surface area (TPSA) is 76.1 Å². The fraction of sp³-hybridized carbons (Fsp3) is 0.312. The van der Waals surface area contributed by atoms with Crippen LogP contribution < -0.4 is 15.4 Å². The number of anilines is 2. The van der Waals surface area contributed by atoms with E-state index in [1.54, 1.807) is 6.07 Å². The number of nitrogens with one attached hydrogen (secondary N) is 2. The number of ether oxygens (including phenoxy) is 1. The quantitative estimate of drug-likeness (QED) is 0.857. The molecule has 1 aromatic carbocycles. The maximum atomic E-state index is 12.0. The van der Waals surface area contributed by atoms with Gasteiger partial charge >= 0.3 is 0 Å². The zero-order valence-electron chi connectivity index (χ0n) is 12.4. The van der Waals surface area contributed by atoms with Gasteiger partial charge in [-0.25, -0.2) is 9.97 Å². The van der Waals surface area contributed by atoms with Crippen molar-refractivity contribution in [2.24, 2.45) is 0 Å². The lowest BCUT2D eigenvalue weighted by Crippen LogP contribution is -2.26. The van der Waals surface area contributed by atoms with Crippen LogP contribution in [0.4, 0.5) is 11.5 Å². The Morgan fingerprint density at radius 3 is 2.91 bits per heavy atom. The number of amides is 1. The SMILES string of the molecule is CCOc1ccccc1Nc1cc(C(=O)NC2CC2)ncn1. The molecule has 0 bridgehead atoms. The molecule has 1 fully saturated rings. The van der Waals surface area contributed by atoms with E-state index in [-0.39, 0.29) is 5.91 Å². The second-order valence-electron chi connectivity index (χ2n) is 5.09. The van der Waals surface area contributed by atoms with E-state index < -0.39 is 0 Å². The van der Waals surface area contributed by atoms with Gasteiger partial charge in [0.2, 0.25) is 0 Å². The highest BCUT2D eigenvalue weighted by Crippen LogP contribution is 2.26. The molecule has 0 unspecified atom stereocenters. The number of carbonyl (C=O) groups excluding carboxylic acids is 1. The minimum atomic E-state index is -0.161. The molecular formula is C16H18N4O2. The van der Waals surface area contributed by atoms with Gasteiger partial charge in [0.05, 0.1) is 12.3 Å². The Morgan fingerprint density at radius 1 is 1.32 bits per heavy atom. The van der Waals surface area contributed by atoms with Crippen molar-refractivity contribution < 1.29 is 9.53 Å². The largest absolute Gasteiger partial charge is 0.492 e. The highest BCUT2D eigenvalue weighted by atomic mass is 16.5. The van der Waals surface area contributed by atoms with E-state index >= 15 is 0 Å². The van der Waals surface area contributed by atoms with Gasteiger partial charge in [0, 0.05) is 12.1 Å². The molecule has 0 aliphatic heterocycles. The maximum Gasteiger partial charge on any atom is 0.270 e. The molecule has 1 heterocycles. The zero-order valence-corrected chi connectivity index (χ0v) is 12.4. The molecule has 1 aliphatic rings. The number of aromatic nitrogens is 2. The van der Waals surface area contributed by atoms with Gasteiger partial charge in [0.15, 0.2) is 0 Å². The van der Waals surface area contributed by atoms with Gasteiger partial charge in [-0.1, -0.05) is 12.1 Å². The summed E-state index contributed by atoms with van der Waals surface area (Å²) in [6.07, 6.45) is 3.47. The summed E-state index contributed by atoms with van der Waals surface area (Å²) in [5.41, 5.74) is 1.16. The number of hydrogen-bond donors (Lipinski definition) is 2. The molecule has 1 aliphatic carbocycles.